The Morgan fingerprint density at radius 1 is 0.949 bits per heavy atom. The third-order valence-corrected chi connectivity index (χ3v) is 5.21. The van der Waals surface area contributed by atoms with Gasteiger partial charge in [0.25, 0.3) is 5.91 Å². The molecular weight excluding hydrogens is 599 g/mol. The van der Waals surface area contributed by atoms with Crippen LogP contribution in [0.4, 0.5) is 48.7 Å². The molecule has 0 heterocycles. The van der Waals surface area contributed by atoms with Crippen molar-refractivity contribution in [2.45, 2.75) is 24.4 Å². The molecule has 214 valence electrons. The molecule has 39 heavy (non-hydrogen) atoms. The molecule has 0 aliphatic carbocycles. The monoisotopic (exact) mass is 613 g/mol. The van der Waals surface area contributed by atoms with Gasteiger partial charge in [0.05, 0.1) is 11.1 Å². The average molecular weight is 614 g/mol. The van der Waals surface area contributed by atoms with E-state index in [0.29, 0.717) is 12.1 Å². The summed E-state index contributed by atoms with van der Waals surface area (Å²) in [5.41, 5.74) is -2.99. The summed E-state index contributed by atoms with van der Waals surface area (Å²) < 4.78 is 133. The highest BCUT2D eigenvalue weighted by molar-refractivity contribution is 6.34. The van der Waals surface area contributed by atoms with E-state index in [2.05, 4.69) is 0 Å². The van der Waals surface area contributed by atoms with Crippen molar-refractivity contribution in [2.75, 3.05) is 13.6 Å². The van der Waals surface area contributed by atoms with Gasteiger partial charge >= 0.3 is 24.6 Å². The minimum Gasteiger partial charge on any atom is -0.327 e. The molecule has 17 heteroatoms. The van der Waals surface area contributed by atoms with Crippen LogP contribution in [-0.4, -0.2) is 42.9 Å². The molecule has 0 aliphatic rings. The number of carbonyl (C=O) groups excluding carboxylic acids is 2. The van der Waals surface area contributed by atoms with Gasteiger partial charge in [-0.2, -0.15) is 39.5 Å². The van der Waals surface area contributed by atoms with Gasteiger partial charge in [0.1, 0.15) is 18.3 Å². The Kier molecular flexibility index (Phi) is 9.77. The van der Waals surface area contributed by atoms with Crippen LogP contribution in [0.1, 0.15) is 33.0 Å². The van der Waals surface area contributed by atoms with Gasteiger partial charge in [0.15, 0.2) is 0 Å². The second kappa shape index (κ2) is 11.9. The Labute approximate surface area is 223 Å². The number of hydrazine groups is 1. The lowest BCUT2D eigenvalue weighted by Gasteiger charge is -2.21. The number of halogens is 12. The average Bonchev–Trinajstić information content (AvgIpc) is 2.77. The summed E-state index contributed by atoms with van der Waals surface area (Å²) in [5, 5.41) is 1.06. The van der Waals surface area contributed by atoms with E-state index in [4.69, 9.17) is 23.2 Å². The molecule has 2 aromatic rings. The van der Waals surface area contributed by atoms with Crippen molar-refractivity contribution in [2.24, 2.45) is 0 Å². The zero-order chi connectivity index (χ0) is 29.9. The van der Waals surface area contributed by atoms with Gasteiger partial charge in [-0.15, -0.1) is 0 Å². The molecule has 0 radical (unpaired) electrons. The van der Waals surface area contributed by atoms with Crippen LogP contribution in [0.3, 0.4) is 0 Å². The van der Waals surface area contributed by atoms with E-state index in [1.807, 2.05) is 0 Å². The summed E-state index contributed by atoms with van der Waals surface area (Å²) in [4.78, 5) is 24.0. The summed E-state index contributed by atoms with van der Waals surface area (Å²) >= 11 is 11.4. The van der Waals surface area contributed by atoms with Gasteiger partial charge in [-0.05, 0) is 42.0 Å². The Hall–Kier alpha value is -3.20. The second-order valence-corrected chi connectivity index (χ2v) is 8.64. The predicted octanol–water partition coefficient (Wildman–Crippen LogP) is 7.52. The molecule has 2 aromatic carbocycles. The van der Waals surface area contributed by atoms with Crippen molar-refractivity contribution in [3.8, 4) is 0 Å². The number of nitrogens with one attached hydrogen (secondary N) is 2. The molecule has 0 fully saturated rings. The second-order valence-electron chi connectivity index (χ2n) is 7.77. The lowest BCUT2D eigenvalue weighted by Crippen LogP contribution is -2.50. The highest BCUT2D eigenvalue weighted by atomic mass is 35.5. The number of rotatable bonds is 5. The maximum atomic E-state index is 14.9. The quantitative estimate of drug-likeness (QED) is 0.271. The first-order valence-corrected chi connectivity index (χ1v) is 11.0. The van der Waals surface area contributed by atoms with Crippen LogP contribution in [0.2, 0.25) is 10.0 Å². The van der Waals surface area contributed by atoms with Crippen LogP contribution in [0, 0.1) is 0 Å². The normalized spacial score (nSPS) is 13.6. The fourth-order valence-electron chi connectivity index (χ4n) is 3.06. The van der Waals surface area contributed by atoms with Crippen LogP contribution < -0.4 is 10.7 Å². The molecule has 0 aromatic heterocycles. The number of benzene rings is 2. The minimum atomic E-state index is -5.34. The molecule has 1 unspecified atom stereocenters. The summed E-state index contributed by atoms with van der Waals surface area (Å²) in [6.07, 6.45) is -15.3. The van der Waals surface area contributed by atoms with Crippen LogP contribution >= 0.6 is 23.2 Å². The van der Waals surface area contributed by atoms with Crippen LogP contribution in [-0.2, 0) is 6.18 Å². The third kappa shape index (κ3) is 9.20. The van der Waals surface area contributed by atoms with Crippen molar-refractivity contribution in [1.82, 2.24) is 15.8 Å². The number of alkyl halides is 9. The molecule has 5 nitrogen and oxygen atoms in total. The summed E-state index contributed by atoms with van der Waals surface area (Å²) in [6.45, 7) is -1.81. The first-order valence-electron chi connectivity index (χ1n) is 10.2. The maximum absolute atomic E-state index is 14.9. The molecule has 3 amide bonds. The lowest BCUT2D eigenvalue weighted by atomic mass is 9.95. The van der Waals surface area contributed by atoms with E-state index in [-0.39, 0.29) is 27.2 Å². The van der Waals surface area contributed by atoms with Gasteiger partial charge in [-0.3, -0.25) is 10.2 Å². The van der Waals surface area contributed by atoms with Gasteiger partial charge in [-0.1, -0.05) is 29.3 Å². The van der Waals surface area contributed by atoms with Crippen molar-refractivity contribution >= 4 is 41.0 Å². The van der Waals surface area contributed by atoms with Gasteiger partial charge in [0.2, 0.25) is 0 Å². The number of hydrogen-bond donors (Lipinski definition) is 2. The van der Waals surface area contributed by atoms with Crippen molar-refractivity contribution in [3.63, 3.8) is 0 Å². The fraction of sp³-hybridized carbons (Fsp3) is 0.273. The molecule has 0 bridgehead atoms. The Bertz CT molecular complexity index is 1240. The standard InChI is InChI=1S/C22H15Cl2F10N3O2/c1-37(19(39)35-9-20(26,27)28)36-18(38)14-3-2-10(6-16(14)22(32,33)34)17(25)8-15(21(29,30)31)11-4-12(23)7-13(24)5-11/h2-8,15H,9H2,1H3,(H,35,39)(H,36,38)/b17-8-. The zero-order valence-corrected chi connectivity index (χ0v) is 20.6. The predicted molar refractivity (Wildman–Crippen MR) is 120 cm³/mol. The van der Waals surface area contributed by atoms with E-state index < -0.39 is 71.0 Å². The number of amides is 3. The number of nitrogens with zero attached hydrogens (tertiary/aromatic N) is 1. The summed E-state index contributed by atoms with van der Waals surface area (Å²) in [7, 11) is 0.729. The van der Waals surface area contributed by atoms with E-state index in [1.165, 1.54) is 5.32 Å². The highest BCUT2D eigenvalue weighted by Gasteiger charge is 2.41. The first-order chi connectivity index (χ1) is 17.7. The molecular formula is C22H15Cl2F10N3O2. The van der Waals surface area contributed by atoms with E-state index in [9.17, 15) is 53.5 Å². The molecule has 0 aliphatic heterocycles. The molecule has 1 atom stereocenters. The lowest BCUT2D eigenvalue weighted by molar-refractivity contribution is -0.140. The van der Waals surface area contributed by atoms with E-state index in [1.54, 1.807) is 5.43 Å². The molecule has 0 saturated carbocycles. The third-order valence-electron chi connectivity index (χ3n) is 4.77. The SMILES string of the molecule is CN(NC(=O)c1ccc(/C(F)=C/C(c2cc(Cl)cc(Cl)c2)C(F)(F)F)cc1C(F)(F)F)C(=O)NCC(F)(F)F. The number of allylic oxidation sites excluding steroid dienone is 1. The zero-order valence-electron chi connectivity index (χ0n) is 19.1. The maximum Gasteiger partial charge on any atom is 0.417 e. The van der Waals surface area contributed by atoms with Gasteiger partial charge in [-0.25, -0.2) is 14.2 Å². The Morgan fingerprint density at radius 3 is 2.00 bits per heavy atom. The number of hydrogen-bond acceptors (Lipinski definition) is 2. The smallest absolute Gasteiger partial charge is 0.327 e. The van der Waals surface area contributed by atoms with Crippen LogP contribution in [0.15, 0.2) is 42.5 Å². The largest absolute Gasteiger partial charge is 0.417 e. The van der Waals surface area contributed by atoms with Crippen molar-refractivity contribution in [1.29, 1.82) is 0 Å². The van der Waals surface area contributed by atoms with Crippen molar-refractivity contribution < 1.29 is 53.5 Å². The topological polar surface area (TPSA) is 61.4 Å². The Morgan fingerprint density at radius 2 is 1.51 bits per heavy atom. The molecule has 2 rings (SSSR count). The molecule has 2 N–H and O–H groups in total. The summed E-state index contributed by atoms with van der Waals surface area (Å²) in [5.74, 6) is -6.05. The molecule has 0 saturated heterocycles. The van der Waals surface area contributed by atoms with Crippen LogP contribution in [0.25, 0.3) is 5.83 Å². The fourth-order valence-corrected chi connectivity index (χ4v) is 3.60. The number of urea groups is 1. The van der Waals surface area contributed by atoms with Crippen LogP contribution in [0.5, 0.6) is 0 Å². The van der Waals surface area contributed by atoms with Gasteiger partial charge in [0, 0.05) is 22.7 Å². The Balaban J connectivity index is 2.43. The van der Waals surface area contributed by atoms with Gasteiger partial charge < -0.3 is 5.32 Å². The van der Waals surface area contributed by atoms with E-state index >= 15 is 0 Å². The number of carbonyl (C=O) groups is 2. The molecule has 0 spiro atoms. The minimum absolute atomic E-state index is 0.00398. The summed E-state index contributed by atoms with van der Waals surface area (Å²) in [6, 6.07) is 2.30. The van der Waals surface area contributed by atoms with Crippen molar-refractivity contribution in [3.05, 3.63) is 74.8 Å². The first kappa shape index (κ1) is 32.0. The van der Waals surface area contributed by atoms with E-state index in [0.717, 1.165) is 25.2 Å². The highest BCUT2D eigenvalue weighted by Crippen LogP contribution is 2.41.